The Morgan fingerprint density at radius 1 is 1.48 bits per heavy atom. The summed E-state index contributed by atoms with van der Waals surface area (Å²) >= 11 is 0. The van der Waals surface area contributed by atoms with Gasteiger partial charge in [-0.15, -0.1) is 0 Å². The fourth-order valence-corrected chi connectivity index (χ4v) is 3.49. The molecule has 0 spiro atoms. The molecule has 2 heterocycles. The minimum absolute atomic E-state index is 0.275. The Kier molecular flexibility index (Phi) is 4.20. The average Bonchev–Trinajstić information content (AvgIpc) is 2.68. The number of likely N-dealkylation sites (tertiary alicyclic amines) is 1. The molecule has 1 aromatic carbocycles. The molecule has 3 rings (SSSR count). The number of likely N-dealkylation sites (N-methyl/N-ethyl adjacent to an activating group) is 1. The van der Waals surface area contributed by atoms with Gasteiger partial charge in [0.25, 0.3) is 0 Å². The maximum absolute atomic E-state index is 10.6. The molecular formula is C17H26N2O2. The predicted octanol–water partition coefficient (Wildman–Crippen LogP) is 1.86. The maximum atomic E-state index is 10.6. The molecule has 1 aromatic rings. The Bertz CT molecular complexity index is 506. The Morgan fingerprint density at radius 3 is 3.10 bits per heavy atom. The first-order valence-electron chi connectivity index (χ1n) is 7.94. The van der Waals surface area contributed by atoms with Crippen LogP contribution in [0.5, 0.6) is 5.75 Å². The standard InChI is InChI=1S/C17H26N2O2/c1-13-5-3-6-14-15(7-4-10-21-16(13)14)18-11-17(20)8-9-19(2)12-17/h3,5-6,15,18,20H,4,7-12H2,1-2H3/t15-,17-/m0/s1. The van der Waals surface area contributed by atoms with E-state index >= 15 is 0 Å². The minimum Gasteiger partial charge on any atom is -0.493 e. The van der Waals surface area contributed by atoms with Crippen LogP contribution in [-0.2, 0) is 0 Å². The zero-order valence-electron chi connectivity index (χ0n) is 13.1. The number of aryl methyl sites for hydroxylation is 1. The SMILES string of the molecule is Cc1cccc2c1OCCC[C@@H]2NC[C@@]1(O)CCN(C)C1. The quantitative estimate of drug-likeness (QED) is 0.892. The van der Waals surface area contributed by atoms with Crippen LogP contribution in [0.1, 0.15) is 36.4 Å². The van der Waals surface area contributed by atoms with E-state index in [2.05, 4.69) is 42.4 Å². The van der Waals surface area contributed by atoms with Gasteiger partial charge < -0.3 is 20.1 Å². The maximum Gasteiger partial charge on any atom is 0.126 e. The van der Waals surface area contributed by atoms with Gasteiger partial charge in [-0.25, -0.2) is 0 Å². The van der Waals surface area contributed by atoms with Gasteiger partial charge in [0.05, 0.1) is 12.2 Å². The van der Waals surface area contributed by atoms with Gasteiger partial charge in [0.1, 0.15) is 5.75 Å². The van der Waals surface area contributed by atoms with Crippen LogP contribution in [-0.4, -0.2) is 48.9 Å². The number of hydrogen-bond donors (Lipinski definition) is 2. The highest BCUT2D eigenvalue weighted by atomic mass is 16.5. The lowest BCUT2D eigenvalue weighted by atomic mass is 9.97. The van der Waals surface area contributed by atoms with Crippen LogP contribution in [0.25, 0.3) is 0 Å². The van der Waals surface area contributed by atoms with E-state index in [-0.39, 0.29) is 6.04 Å². The van der Waals surface area contributed by atoms with Crippen molar-refractivity contribution in [3.05, 3.63) is 29.3 Å². The summed E-state index contributed by atoms with van der Waals surface area (Å²) in [5.41, 5.74) is 1.84. The molecule has 0 amide bonds. The first kappa shape index (κ1) is 14.8. The molecule has 0 unspecified atom stereocenters. The largest absolute Gasteiger partial charge is 0.493 e. The van der Waals surface area contributed by atoms with Crippen molar-refractivity contribution < 1.29 is 9.84 Å². The first-order chi connectivity index (χ1) is 10.1. The topological polar surface area (TPSA) is 44.7 Å². The van der Waals surface area contributed by atoms with E-state index in [1.54, 1.807) is 0 Å². The summed E-state index contributed by atoms with van der Waals surface area (Å²) in [7, 11) is 2.07. The van der Waals surface area contributed by atoms with Crippen LogP contribution in [0.15, 0.2) is 18.2 Å². The van der Waals surface area contributed by atoms with Crippen molar-refractivity contribution in [2.45, 2.75) is 37.8 Å². The smallest absolute Gasteiger partial charge is 0.126 e. The molecule has 2 aliphatic rings. The summed E-state index contributed by atoms with van der Waals surface area (Å²) < 4.78 is 5.91. The summed E-state index contributed by atoms with van der Waals surface area (Å²) in [6, 6.07) is 6.61. The van der Waals surface area contributed by atoms with Gasteiger partial charge in [-0.05, 0) is 38.8 Å². The molecule has 0 aliphatic carbocycles. The van der Waals surface area contributed by atoms with Gasteiger partial charge in [-0.3, -0.25) is 0 Å². The van der Waals surface area contributed by atoms with Crippen LogP contribution < -0.4 is 10.1 Å². The molecule has 21 heavy (non-hydrogen) atoms. The zero-order valence-corrected chi connectivity index (χ0v) is 13.1. The highest BCUT2D eigenvalue weighted by molar-refractivity contribution is 5.43. The summed E-state index contributed by atoms with van der Waals surface area (Å²) in [6.07, 6.45) is 2.95. The number of nitrogens with zero attached hydrogens (tertiary/aromatic N) is 1. The lowest BCUT2D eigenvalue weighted by Gasteiger charge is -2.27. The van der Waals surface area contributed by atoms with Gasteiger partial charge in [0.15, 0.2) is 0 Å². The van der Waals surface area contributed by atoms with Crippen molar-refractivity contribution >= 4 is 0 Å². The van der Waals surface area contributed by atoms with Gasteiger partial charge in [-0.2, -0.15) is 0 Å². The van der Waals surface area contributed by atoms with Gasteiger partial charge in [-0.1, -0.05) is 18.2 Å². The van der Waals surface area contributed by atoms with E-state index in [1.807, 2.05) is 0 Å². The molecule has 0 saturated carbocycles. The van der Waals surface area contributed by atoms with E-state index in [9.17, 15) is 5.11 Å². The predicted molar refractivity (Wildman–Crippen MR) is 83.7 cm³/mol. The number of rotatable bonds is 3. The molecule has 1 saturated heterocycles. The summed E-state index contributed by atoms with van der Waals surface area (Å²) in [5, 5.41) is 14.2. The van der Waals surface area contributed by atoms with Crippen molar-refractivity contribution in [2.24, 2.45) is 0 Å². The minimum atomic E-state index is -0.591. The van der Waals surface area contributed by atoms with Gasteiger partial charge in [0, 0.05) is 31.2 Å². The number of aliphatic hydroxyl groups is 1. The van der Waals surface area contributed by atoms with Crippen molar-refractivity contribution in [1.29, 1.82) is 0 Å². The zero-order chi connectivity index (χ0) is 14.9. The van der Waals surface area contributed by atoms with E-state index in [0.29, 0.717) is 6.54 Å². The summed E-state index contributed by atoms with van der Waals surface area (Å²) in [5.74, 6) is 1.03. The van der Waals surface area contributed by atoms with Crippen molar-refractivity contribution in [1.82, 2.24) is 10.2 Å². The van der Waals surface area contributed by atoms with Crippen LogP contribution in [0, 0.1) is 6.92 Å². The Hall–Kier alpha value is -1.10. The van der Waals surface area contributed by atoms with Crippen LogP contribution in [0.4, 0.5) is 0 Å². The fourth-order valence-electron chi connectivity index (χ4n) is 3.49. The average molecular weight is 290 g/mol. The molecule has 2 N–H and O–H groups in total. The van der Waals surface area contributed by atoms with E-state index in [4.69, 9.17) is 4.74 Å². The second kappa shape index (κ2) is 5.95. The number of nitrogens with one attached hydrogen (secondary N) is 1. The van der Waals surface area contributed by atoms with Crippen LogP contribution in [0.2, 0.25) is 0 Å². The van der Waals surface area contributed by atoms with Crippen molar-refractivity contribution in [3.63, 3.8) is 0 Å². The number of hydrogen-bond acceptors (Lipinski definition) is 4. The monoisotopic (exact) mass is 290 g/mol. The van der Waals surface area contributed by atoms with E-state index in [1.165, 1.54) is 11.1 Å². The highest BCUT2D eigenvalue weighted by Gasteiger charge is 2.35. The van der Waals surface area contributed by atoms with Gasteiger partial charge >= 0.3 is 0 Å². The number of benzene rings is 1. The molecule has 0 bridgehead atoms. The van der Waals surface area contributed by atoms with Crippen LogP contribution >= 0.6 is 0 Å². The fraction of sp³-hybridized carbons (Fsp3) is 0.647. The summed E-state index contributed by atoms with van der Waals surface area (Å²) in [4.78, 5) is 2.19. The third-order valence-corrected chi connectivity index (χ3v) is 4.70. The lowest BCUT2D eigenvalue weighted by Crippen LogP contribution is -2.43. The highest BCUT2D eigenvalue weighted by Crippen LogP contribution is 2.34. The van der Waals surface area contributed by atoms with Crippen molar-refractivity contribution in [3.8, 4) is 5.75 Å². The van der Waals surface area contributed by atoms with E-state index < -0.39 is 5.60 Å². The number of β-amino-alcohol motifs (C(OH)–C–C–N with tert-alkyl or cyclic N) is 1. The molecule has 0 radical (unpaired) electrons. The molecule has 2 atom stereocenters. The van der Waals surface area contributed by atoms with Gasteiger partial charge in [0.2, 0.25) is 0 Å². The Balaban J connectivity index is 1.73. The first-order valence-corrected chi connectivity index (χ1v) is 7.94. The number of ether oxygens (including phenoxy) is 1. The molecule has 116 valence electrons. The lowest BCUT2D eigenvalue weighted by molar-refractivity contribution is 0.0486. The second-order valence-electron chi connectivity index (χ2n) is 6.63. The second-order valence-corrected chi connectivity index (χ2v) is 6.63. The third-order valence-electron chi connectivity index (χ3n) is 4.70. The molecule has 0 aromatic heterocycles. The molecular weight excluding hydrogens is 264 g/mol. The van der Waals surface area contributed by atoms with E-state index in [0.717, 1.165) is 44.7 Å². The number of fused-ring (bicyclic) bond motifs is 1. The van der Waals surface area contributed by atoms with Crippen LogP contribution in [0.3, 0.4) is 0 Å². The third kappa shape index (κ3) is 3.23. The Morgan fingerprint density at radius 2 is 2.33 bits per heavy atom. The summed E-state index contributed by atoms with van der Waals surface area (Å²) in [6.45, 7) is 5.25. The molecule has 4 nitrogen and oxygen atoms in total. The molecule has 2 aliphatic heterocycles. The normalized spacial score (nSPS) is 29.8. The molecule has 4 heteroatoms. The molecule has 1 fully saturated rings. The van der Waals surface area contributed by atoms with Crippen molar-refractivity contribution in [2.75, 3.05) is 33.3 Å². The Labute approximate surface area is 127 Å². The number of para-hydroxylation sites is 1.